The van der Waals surface area contributed by atoms with Crippen LogP contribution in [0.5, 0.6) is 0 Å². The molecule has 2 N–H and O–H groups in total. The van der Waals surface area contributed by atoms with E-state index in [1.165, 1.54) is 11.1 Å². The fraction of sp³-hybridized carbons (Fsp3) is 0.381. The van der Waals surface area contributed by atoms with Crippen LogP contribution >= 0.6 is 12.4 Å². The number of nitrogens with zero attached hydrogens (tertiary/aromatic N) is 1. The van der Waals surface area contributed by atoms with Crippen LogP contribution in [0.2, 0.25) is 0 Å². The zero-order chi connectivity index (χ0) is 16.8. The molecule has 1 aliphatic rings. The summed E-state index contributed by atoms with van der Waals surface area (Å²) in [6, 6.07) is 20.8. The molecule has 2 aromatic carbocycles. The summed E-state index contributed by atoms with van der Waals surface area (Å²) >= 11 is 0. The molecule has 0 aromatic heterocycles. The number of halogens is 1. The Hall–Kier alpha value is -1.84. The van der Waals surface area contributed by atoms with Crippen LogP contribution in [0.1, 0.15) is 30.4 Å². The summed E-state index contributed by atoms with van der Waals surface area (Å²) in [6.07, 6.45) is 3.61. The fourth-order valence-electron chi connectivity index (χ4n) is 3.48. The van der Waals surface area contributed by atoms with Crippen LogP contribution in [0.25, 0.3) is 0 Å². The van der Waals surface area contributed by atoms with Crippen molar-refractivity contribution in [3.05, 3.63) is 71.8 Å². The van der Waals surface area contributed by atoms with Crippen LogP contribution in [0.4, 0.5) is 0 Å². The van der Waals surface area contributed by atoms with Crippen molar-refractivity contribution < 1.29 is 4.79 Å². The molecular weight excluding hydrogens is 332 g/mol. The van der Waals surface area contributed by atoms with Crippen LogP contribution < -0.4 is 5.73 Å². The molecule has 0 radical (unpaired) electrons. The third-order valence-electron chi connectivity index (χ3n) is 4.86. The van der Waals surface area contributed by atoms with Gasteiger partial charge in [0.1, 0.15) is 0 Å². The predicted molar refractivity (Wildman–Crippen MR) is 105 cm³/mol. The van der Waals surface area contributed by atoms with Crippen molar-refractivity contribution in [1.29, 1.82) is 0 Å². The van der Waals surface area contributed by atoms with Crippen molar-refractivity contribution in [2.24, 2.45) is 11.7 Å². The van der Waals surface area contributed by atoms with E-state index in [2.05, 4.69) is 36.4 Å². The van der Waals surface area contributed by atoms with Crippen molar-refractivity contribution in [2.75, 3.05) is 6.54 Å². The zero-order valence-corrected chi connectivity index (χ0v) is 15.3. The first-order valence-electron chi connectivity index (χ1n) is 8.84. The highest BCUT2D eigenvalue weighted by Crippen LogP contribution is 2.26. The number of nitrogens with two attached hydrogens (primary N) is 1. The van der Waals surface area contributed by atoms with Crippen LogP contribution in [0.15, 0.2) is 60.7 Å². The molecule has 1 saturated carbocycles. The predicted octanol–water partition coefficient (Wildman–Crippen LogP) is 3.81. The maximum Gasteiger partial charge on any atom is 0.226 e. The largest absolute Gasteiger partial charge is 0.338 e. The lowest BCUT2D eigenvalue weighted by molar-refractivity contribution is -0.136. The van der Waals surface area contributed by atoms with Gasteiger partial charge < -0.3 is 10.6 Å². The first-order valence-corrected chi connectivity index (χ1v) is 8.84. The van der Waals surface area contributed by atoms with Gasteiger partial charge in [0.25, 0.3) is 0 Å². The highest BCUT2D eigenvalue weighted by Gasteiger charge is 2.30. The molecule has 1 aliphatic carbocycles. The van der Waals surface area contributed by atoms with E-state index in [4.69, 9.17) is 5.73 Å². The average Bonchev–Trinajstić information content (AvgIpc) is 3.06. The average molecular weight is 359 g/mol. The van der Waals surface area contributed by atoms with Gasteiger partial charge in [0.2, 0.25) is 5.91 Å². The summed E-state index contributed by atoms with van der Waals surface area (Å²) in [5.41, 5.74) is 8.46. The van der Waals surface area contributed by atoms with Gasteiger partial charge in [0.05, 0.1) is 0 Å². The third kappa shape index (κ3) is 5.58. The summed E-state index contributed by atoms with van der Waals surface area (Å²) in [4.78, 5) is 15.0. The van der Waals surface area contributed by atoms with E-state index < -0.39 is 0 Å². The molecule has 134 valence electrons. The Morgan fingerprint density at radius 1 is 0.960 bits per heavy atom. The number of carbonyl (C=O) groups excluding carboxylic acids is 1. The number of carbonyl (C=O) groups is 1. The molecular formula is C21H27ClN2O. The van der Waals surface area contributed by atoms with Crippen molar-refractivity contribution >= 4 is 18.3 Å². The molecule has 0 saturated heterocycles. The summed E-state index contributed by atoms with van der Waals surface area (Å²) in [5.74, 6) is 0.363. The first-order chi connectivity index (χ1) is 11.7. The molecule has 4 heteroatoms. The van der Waals surface area contributed by atoms with Crippen LogP contribution in [-0.2, 0) is 17.8 Å². The third-order valence-corrected chi connectivity index (χ3v) is 4.86. The molecule has 2 unspecified atom stereocenters. The minimum Gasteiger partial charge on any atom is -0.338 e. The first kappa shape index (κ1) is 19.5. The second kappa shape index (κ2) is 9.59. The van der Waals surface area contributed by atoms with E-state index in [-0.39, 0.29) is 30.3 Å². The Bertz CT molecular complexity index is 647. The molecule has 1 fully saturated rings. The molecule has 25 heavy (non-hydrogen) atoms. The SMILES string of the molecule is Cl.NC1CCC(C(=O)N(CCc2ccccc2)Cc2ccccc2)C1. The summed E-state index contributed by atoms with van der Waals surface area (Å²) in [6.45, 7) is 1.43. The monoisotopic (exact) mass is 358 g/mol. The van der Waals surface area contributed by atoms with E-state index in [1.54, 1.807) is 0 Å². The van der Waals surface area contributed by atoms with Crippen molar-refractivity contribution in [2.45, 2.75) is 38.3 Å². The van der Waals surface area contributed by atoms with Gasteiger partial charge in [0, 0.05) is 25.0 Å². The smallest absolute Gasteiger partial charge is 0.226 e. The van der Waals surface area contributed by atoms with Gasteiger partial charge in [-0.05, 0) is 36.8 Å². The van der Waals surface area contributed by atoms with Gasteiger partial charge in [-0.1, -0.05) is 60.7 Å². The molecule has 0 bridgehead atoms. The van der Waals surface area contributed by atoms with Crippen molar-refractivity contribution in [3.63, 3.8) is 0 Å². The molecule has 2 aromatic rings. The second-order valence-electron chi connectivity index (χ2n) is 6.75. The van der Waals surface area contributed by atoms with Gasteiger partial charge in [-0.15, -0.1) is 12.4 Å². The minimum absolute atomic E-state index is 0. The van der Waals surface area contributed by atoms with Gasteiger partial charge in [-0.25, -0.2) is 0 Å². The summed E-state index contributed by atoms with van der Waals surface area (Å²) < 4.78 is 0. The highest BCUT2D eigenvalue weighted by atomic mass is 35.5. The maximum absolute atomic E-state index is 13.0. The molecule has 2 atom stereocenters. The normalized spacial score (nSPS) is 19.2. The van der Waals surface area contributed by atoms with E-state index in [0.717, 1.165) is 32.2 Å². The van der Waals surface area contributed by atoms with Gasteiger partial charge in [-0.3, -0.25) is 4.79 Å². The Balaban J connectivity index is 0.00000225. The van der Waals surface area contributed by atoms with Crippen molar-refractivity contribution in [1.82, 2.24) is 4.90 Å². The number of hydrogen-bond acceptors (Lipinski definition) is 2. The maximum atomic E-state index is 13.0. The van der Waals surface area contributed by atoms with E-state index >= 15 is 0 Å². The van der Waals surface area contributed by atoms with Gasteiger partial charge in [0.15, 0.2) is 0 Å². The molecule has 0 spiro atoms. The topological polar surface area (TPSA) is 46.3 Å². The Kier molecular flexibility index (Phi) is 7.48. The Labute approximate surface area is 156 Å². The van der Waals surface area contributed by atoms with Crippen molar-refractivity contribution in [3.8, 4) is 0 Å². The second-order valence-corrected chi connectivity index (χ2v) is 6.75. The molecule has 3 rings (SSSR count). The molecule has 0 aliphatic heterocycles. The number of benzene rings is 2. The number of hydrogen-bond donors (Lipinski definition) is 1. The van der Waals surface area contributed by atoms with Gasteiger partial charge in [-0.2, -0.15) is 0 Å². The number of rotatable bonds is 6. The van der Waals surface area contributed by atoms with E-state index in [0.29, 0.717) is 6.54 Å². The fourth-order valence-corrected chi connectivity index (χ4v) is 3.48. The van der Waals surface area contributed by atoms with Crippen LogP contribution in [-0.4, -0.2) is 23.4 Å². The van der Waals surface area contributed by atoms with E-state index in [1.807, 2.05) is 29.2 Å². The van der Waals surface area contributed by atoms with Crippen LogP contribution in [0, 0.1) is 5.92 Å². The standard InChI is InChI=1S/C21H26N2O.ClH/c22-20-12-11-19(15-20)21(24)23(16-18-9-5-2-6-10-18)14-13-17-7-3-1-4-8-17;/h1-10,19-20H,11-16,22H2;1H. The highest BCUT2D eigenvalue weighted by molar-refractivity contribution is 5.85. The lowest BCUT2D eigenvalue weighted by Gasteiger charge is -2.26. The van der Waals surface area contributed by atoms with Crippen LogP contribution in [0.3, 0.4) is 0 Å². The lowest BCUT2D eigenvalue weighted by Crippen LogP contribution is -2.37. The molecule has 0 heterocycles. The van der Waals surface area contributed by atoms with E-state index in [9.17, 15) is 4.79 Å². The molecule has 3 nitrogen and oxygen atoms in total. The summed E-state index contributed by atoms with van der Waals surface area (Å²) in [7, 11) is 0. The Morgan fingerprint density at radius 3 is 2.12 bits per heavy atom. The molecule has 1 amide bonds. The van der Waals surface area contributed by atoms with Gasteiger partial charge >= 0.3 is 0 Å². The Morgan fingerprint density at radius 2 is 1.56 bits per heavy atom. The quantitative estimate of drug-likeness (QED) is 0.853. The minimum atomic E-state index is 0. The lowest BCUT2D eigenvalue weighted by atomic mass is 10.0. The summed E-state index contributed by atoms with van der Waals surface area (Å²) in [5, 5.41) is 0. The zero-order valence-electron chi connectivity index (χ0n) is 14.5. The number of amides is 1.